The molecule has 19 heavy (non-hydrogen) atoms. The summed E-state index contributed by atoms with van der Waals surface area (Å²) in [5.41, 5.74) is 1.56. The topological polar surface area (TPSA) is 39.4 Å². The van der Waals surface area contributed by atoms with Crippen molar-refractivity contribution in [1.82, 2.24) is 0 Å². The van der Waals surface area contributed by atoms with E-state index in [-0.39, 0.29) is 11.9 Å². The van der Waals surface area contributed by atoms with Crippen molar-refractivity contribution in [3.8, 4) is 5.75 Å². The molecule has 100 valence electrons. The minimum absolute atomic E-state index is 0.0819. The van der Waals surface area contributed by atoms with Crippen molar-refractivity contribution in [3.63, 3.8) is 0 Å². The molecule has 0 unspecified atom stereocenters. The van der Waals surface area contributed by atoms with Gasteiger partial charge in [-0.3, -0.25) is 4.79 Å². The van der Waals surface area contributed by atoms with Crippen LogP contribution in [0.4, 0.5) is 0 Å². The molecule has 3 heteroatoms. The van der Waals surface area contributed by atoms with Crippen LogP contribution >= 0.6 is 0 Å². The summed E-state index contributed by atoms with van der Waals surface area (Å²) in [6.07, 6.45) is 0.0819. The van der Waals surface area contributed by atoms with E-state index in [1.165, 1.54) is 0 Å². The molecule has 0 aliphatic carbocycles. The van der Waals surface area contributed by atoms with Crippen LogP contribution in [0.5, 0.6) is 5.75 Å². The van der Waals surface area contributed by atoms with E-state index < -0.39 is 0 Å². The molecule has 1 aromatic carbocycles. The summed E-state index contributed by atoms with van der Waals surface area (Å²) >= 11 is 0. The second-order valence-corrected chi connectivity index (χ2v) is 4.87. The number of rotatable bonds is 4. The van der Waals surface area contributed by atoms with Crippen molar-refractivity contribution in [2.24, 2.45) is 0 Å². The van der Waals surface area contributed by atoms with Gasteiger partial charge in [-0.1, -0.05) is 12.1 Å². The third-order valence-corrected chi connectivity index (χ3v) is 2.86. The highest BCUT2D eigenvalue weighted by atomic mass is 16.5. The maximum atomic E-state index is 12.3. The van der Waals surface area contributed by atoms with E-state index in [2.05, 4.69) is 0 Å². The van der Waals surface area contributed by atoms with E-state index in [4.69, 9.17) is 9.15 Å². The van der Waals surface area contributed by atoms with E-state index in [1.54, 1.807) is 18.2 Å². The fourth-order valence-electron chi connectivity index (χ4n) is 1.81. The summed E-state index contributed by atoms with van der Waals surface area (Å²) in [5, 5.41) is 0. The van der Waals surface area contributed by atoms with Crippen LogP contribution in [-0.4, -0.2) is 11.9 Å². The van der Waals surface area contributed by atoms with Crippen molar-refractivity contribution in [1.29, 1.82) is 0 Å². The molecule has 0 bridgehead atoms. The molecule has 0 saturated heterocycles. The van der Waals surface area contributed by atoms with Gasteiger partial charge in [0.05, 0.1) is 6.10 Å². The number of hydrogen-bond donors (Lipinski definition) is 0. The molecular weight excluding hydrogens is 240 g/mol. The highest BCUT2D eigenvalue weighted by Gasteiger charge is 2.15. The molecule has 0 fully saturated rings. The number of carbonyl (C=O) groups excluding carboxylic acids is 1. The highest BCUT2D eigenvalue weighted by molar-refractivity contribution is 6.07. The smallest absolute Gasteiger partial charge is 0.228 e. The quantitative estimate of drug-likeness (QED) is 0.780. The van der Waals surface area contributed by atoms with Gasteiger partial charge < -0.3 is 9.15 Å². The van der Waals surface area contributed by atoms with E-state index in [0.717, 1.165) is 11.3 Å². The second kappa shape index (κ2) is 5.31. The third-order valence-electron chi connectivity index (χ3n) is 2.86. The van der Waals surface area contributed by atoms with E-state index in [1.807, 2.05) is 39.8 Å². The van der Waals surface area contributed by atoms with Crippen LogP contribution in [-0.2, 0) is 0 Å². The van der Waals surface area contributed by atoms with Gasteiger partial charge in [0.25, 0.3) is 0 Å². The highest BCUT2D eigenvalue weighted by Crippen LogP contribution is 2.20. The van der Waals surface area contributed by atoms with Crippen LogP contribution in [0.15, 0.2) is 34.7 Å². The average Bonchev–Trinajstić information content (AvgIpc) is 2.68. The molecule has 0 amide bonds. The van der Waals surface area contributed by atoms with Gasteiger partial charge in [0, 0.05) is 5.56 Å². The Labute approximate surface area is 113 Å². The molecule has 0 atom stereocenters. The number of carbonyl (C=O) groups is 1. The molecule has 0 spiro atoms. The first-order chi connectivity index (χ1) is 8.97. The monoisotopic (exact) mass is 258 g/mol. The molecule has 1 heterocycles. The molecule has 0 saturated carbocycles. The largest absolute Gasteiger partial charge is 0.491 e. The molecule has 0 aliphatic rings. The number of ether oxygens (including phenoxy) is 1. The van der Waals surface area contributed by atoms with Crippen LogP contribution in [0.3, 0.4) is 0 Å². The lowest BCUT2D eigenvalue weighted by Gasteiger charge is -2.10. The average molecular weight is 258 g/mol. The summed E-state index contributed by atoms with van der Waals surface area (Å²) in [5.74, 6) is 1.72. The lowest BCUT2D eigenvalue weighted by atomic mass is 10.1. The van der Waals surface area contributed by atoms with Gasteiger partial charge in [0.15, 0.2) is 5.76 Å². The molecule has 2 rings (SSSR count). The molecule has 2 aromatic rings. The standard InChI is InChI=1S/C16H18O3/c1-10(2)18-14-7-5-6-13(9-14)16(17)15-8-11(3)12(4)19-15/h5-10H,1-4H3. The van der Waals surface area contributed by atoms with Gasteiger partial charge in [-0.05, 0) is 51.5 Å². The van der Waals surface area contributed by atoms with Gasteiger partial charge in [0.1, 0.15) is 11.5 Å². The van der Waals surface area contributed by atoms with Crippen molar-refractivity contribution < 1.29 is 13.9 Å². The Balaban J connectivity index is 2.28. The SMILES string of the molecule is Cc1cc(C(=O)c2cccc(OC(C)C)c2)oc1C. The number of benzene rings is 1. The Morgan fingerprint density at radius 1 is 1.21 bits per heavy atom. The lowest BCUT2D eigenvalue weighted by molar-refractivity contribution is 0.101. The Hall–Kier alpha value is -2.03. The second-order valence-electron chi connectivity index (χ2n) is 4.87. The zero-order valence-electron chi connectivity index (χ0n) is 11.7. The number of aryl methyl sites for hydroxylation is 2. The van der Waals surface area contributed by atoms with E-state index in [9.17, 15) is 4.79 Å². The Morgan fingerprint density at radius 3 is 2.53 bits per heavy atom. The lowest BCUT2D eigenvalue weighted by Crippen LogP contribution is -2.06. The first-order valence-corrected chi connectivity index (χ1v) is 6.36. The fourth-order valence-corrected chi connectivity index (χ4v) is 1.81. The Bertz CT molecular complexity index is 574. The normalized spacial score (nSPS) is 10.8. The fraction of sp³-hybridized carbons (Fsp3) is 0.312. The minimum atomic E-state index is -0.120. The van der Waals surface area contributed by atoms with Gasteiger partial charge >= 0.3 is 0 Å². The van der Waals surface area contributed by atoms with E-state index >= 15 is 0 Å². The van der Waals surface area contributed by atoms with Crippen molar-refractivity contribution in [2.75, 3.05) is 0 Å². The van der Waals surface area contributed by atoms with Crippen LogP contribution < -0.4 is 4.74 Å². The third kappa shape index (κ3) is 3.05. The zero-order chi connectivity index (χ0) is 14.0. The number of furan rings is 1. The predicted molar refractivity (Wildman–Crippen MR) is 73.8 cm³/mol. The number of ketones is 1. The first kappa shape index (κ1) is 13.4. The van der Waals surface area contributed by atoms with Crippen molar-refractivity contribution in [3.05, 3.63) is 53.0 Å². The Kier molecular flexibility index (Phi) is 3.74. The molecule has 0 N–H and O–H groups in total. The van der Waals surface area contributed by atoms with E-state index in [0.29, 0.717) is 17.1 Å². The van der Waals surface area contributed by atoms with Crippen LogP contribution in [0, 0.1) is 13.8 Å². The molecule has 3 nitrogen and oxygen atoms in total. The van der Waals surface area contributed by atoms with Crippen molar-refractivity contribution >= 4 is 5.78 Å². The summed E-state index contributed by atoms with van der Waals surface area (Å²) < 4.78 is 11.0. The molecule has 1 aromatic heterocycles. The zero-order valence-corrected chi connectivity index (χ0v) is 11.7. The predicted octanol–water partition coefficient (Wildman–Crippen LogP) is 3.91. The minimum Gasteiger partial charge on any atom is -0.491 e. The van der Waals surface area contributed by atoms with Gasteiger partial charge in [-0.15, -0.1) is 0 Å². The van der Waals surface area contributed by atoms with Crippen LogP contribution in [0.25, 0.3) is 0 Å². The van der Waals surface area contributed by atoms with Crippen molar-refractivity contribution in [2.45, 2.75) is 33.8 Å². The summed E-state index contributed by atoms with van der Waals surface area (Å²) in [6.45, 7) is 7.68. The molecule has 0 aliphatic heterocycles. The summed E-state index contributed by atoms with van der Waals surface area (Å²) in [7, 11) is 0. The maximum Gasteiger partial charge on any atom is 0.228 e. The first-order valence-electron chi connectivity index (χ1n) is 6.36. The van der Waals surface area contributed by atoms with Gasteiger partial charge in [-0.25, -0.2) is 0 Å². The maximum absolute atomic E-state index is 12.3. The Morgan fingerprint density at radius 2 is 1.95 bits per heavy atom. The number of hydrogen-bond acceptors (Lipinski definition) is 3. The van der Waals surface area contributed by atoms with Gasteiger partial charge in [-0.2, -0.15) is 0 Å². The molecular formula is C16H18O3. The van der Waals surface area contributed by atoms with Crippen LogP contribution in [0.2, 0.25) is 0 Å². The molecule has 0 radical (unpaired) electrons. The summed E-state index contributed by atoms with van der Waals surface area (Å²) in [6, 6.07) is 8.94. The summed E-state index contributed by atoms with van der Waals surface area (Å²) in [4.78, 5) is 12.3. The van der Waals surface area contributed by atoms with Crippen LogP contribution in [0.1, 0.15) is 41.3 Å². The van der Waals surface area contributed by atoms with Gasteiger partial charge in [0.2, 0.25) is 5.78 Å².